The molecule has 1 aliphatic carbocycles. The first-order chi connectivity index (χ1) is 9.13. The van der Waals surface area contributed by atoms with Crippen molar-refractivity contribution < 1.29 is 9.90 Å². The number of rotatable bonds is 7. The van der Waals surface area contributed by atoms with Crippen molar-refractivity contribution in [3.05, 3.63) is 4.88 Å². The summed E-state index contributed by atoms with van der Waals surface area (Å²) in [4.78, 5) is 16.7. The number of nitrogens with one attached hydrogen (secondary N) is 2. The van der Waals surface area contributed by atoms with E-state index >= 15 is 0 Å². The normalized spacial score (nSPS) is 16.1. The second-order valence-electron chi connectivity index (χ2n) is 4.74. The number of hydrogen-bond donors (Lipinski definition) is 4. The van der Waals surface area contributed by atoms with Crippen LogP contribution in [0.5, 0.6) is 0 Å². The summed E-state index contributed by atoms with van der Waals surface area (Å²) in [6.07, 6.45) is 3.62. The van der Waals surface area contributed by atoms with Crippen LogP contribution in [0, 0.1) is 0 Å². The number of nitrogens with two attached hydrogens (primary N) is 1. The summed E-state index contributed by atoms with van der Waals surface area (Å²) in [5.74, 6) is 0.0589. The fraction of sp³-hybridized carbons (Fsp3) is 0.667. The van der Waals surface area contributed by atoms with Crippen LogP contribution >= 0.6 is 11.3 Å². The summed E-state index contributed by atoms with van der Waals surface area (Å²) in [5, 5.41) is 15.7. The molecule has 1 aliphatic rings. The molecular weight excluding hydrogens is 264 g/mol. The zero-order valence-electron chi connectivity index (χ0n) is 11.0. The van der Waals surface area contributed by atoms with Gasteiger partial charge in [0.25, 0.3) is 5.91 Å². The highest BCUT2D eigenvalue weighted by Crippen LogP contribution is 2.30. The molecule has 0 radical (unpaired) electrons. The Hall–Kier alpha value is -1.34. The fourth-order valence-corrected chi connectivity index (χ4v) is 2.61. The van der Waals surface area contributed by atoms with E-state index in [1.54, 1.807) is 0 Å². The van der Waals surface area contributed by atoms with Crippen LogP contribution in [0.3, 0.4) is 0 Å². The summed E-state index contributed by atoms with van der Waals surface area (Å²) in [7, 11) is 0. The van der Waals surface area contributed by atoms with Gasteiger partial charge in [-0.05, 0) is 25.7 Å². The van der Waals surface area contributed by atoms with Gasteiger partial charge >= 0.3 is 0 Å². The van der Waals surface area contributed by atoms with Crippen molar-refractivity contribution in [3.8, 4) is 0 Å². The third-order valence-electron chi connectivity index (χ3n) is 3.07. The molecule has 0 bridgehead atoms. The van der Waals surface area contributed by atoms with Gasteiger partial charge in [0.1, 0.15) is 10.7 Å². The van der Waals surface area contributed by atoms with E-state index in [4.69, 9.17) is 10.8 Å². The van der Waals surface area contributed by atoms with Crippen LogP contribution in [0.4, 0.5) is 10.9 Å². The number of nitrogen functional groups attached to an aromatic ring is 1. The molecule has 1 aromatic heterocycles. The molecule has 106 valence electrons. The molecule has 2 rings (SSSR count). The largest absolute Gasteiger partial charge is 0.396 e. The first-order valence-electron chi connectivity index (χ1n) is 6.58. The molecule has 1 aromatic rings. The lowest BCUT2D eigenvalue weighted by molar-refractivity contribution is 0.0934. The van der Waals surface area contributed by atoms with Crippen molar-refractivity contribution in [1.82, 2.24) is 10.3 Å². The first-order valence-corrected chi connectivity index (χ1v) is 7.40. The summed E-state index contributed by atoms with van der Waals surface area (Å²) in [6.45, 7) is 2.03. The average Bonchev–Trinajstić information content (AvgIpc) is 3.11. The van der Waals surface area contributed by atoms with Crippen molar-refractivity contribution >= 4 is 28.2 Å². The fourth-order valence-electron chi connectivity index (χ4n) is 1.74. The van der Waals surface area contributed by atoms with Crippen LogP contribution < -0.4 is 16.4 Å². The highest BCUT2D eigenvalue weighted by atomic mass is 32.1. The van der Waals surface area contributed by atoms with E-state index in [0.29, 0.717) is 22.5 Å². The molecule has 7 heteroatoms. The number of aromatic nitrogens is 1. The van der Waals surface area contributed by atoms with Gasteiger partial charge in [0.05, 0.1) is 0 Å². The molecule has 1 amide bonds. The van der Waals surface area contributed by atoms with Crippen molar-refractivity contribution in [2.75, 3.05) is 17.7 Å². The Bertz CT molecular complexity index is 445. The number of thiazole rings is 1. The highest BCUT2D eigenvalue weighted by Gasteiger charge is 2.24. The zero-order valence-corrected chi connectivity index (χ0v) is 11.8. The Morgan fingerprint density at radius 1 is 1.63 bits per heavy atom. The minimum Gasteiger partial charge on any atom is -0.396 e. The number of aliphatic hydroxyl groups excluding tert-OH is 1. The Morgan fingerprint density at radius 2 is 2.37 bits per heavy atom. The number of amides is 1. The van der Waals surface area contributed by atoms with Crippen molar-refractivity contribution in [1.29, 1.82) is 0 Å². The maximum atomic E-state index is 12.1. The van der Waals surface area contributed by atoms with Crippen LogP contribution in [0.25, 0.3) is 0 Å². The van der Waals surface area contributed by atoms with Crippen LogP contribution in [-0.2, 0) is 0 Å². The number of carbonyl (C=O) groups excluding carboxylic acids is 1. The Kier molecular flexibility index (Phi) is 4.60. The molecule has 1 heterocycles. The van der Waals surface area contributed by atoms with Gasteiger partial charge in [-0.3, -0.25) is 4.79 Å². The third kappa shape index (κ3) is 3.81. The molecule has 1 unspecified atom stereocenters. The summed E-state index contributed by atoms with van der Waals surface area (Å²) >= 11 is 1.28. The maximum absolute atomic E-state index is 12.1. The smallest absolute Gasteiger partial charge is 0.265 e. The first kappa shape index (κ1) is 14.1. The van der Waals surface area contributed by atoms with Crippen molar-refractivity contribution in [2.24, 2.45) is 0 Å². The highest BCUT2D eigenvalue weighted by molar-refractivity contribution is 7.18. The standard InChI is InChI=1S/C12H20N4O2S/c1-2-7(5-6-17)14-11(18)9-10(13)16-12(19-9)15-8-3-4-8/h7-8,17H,2-6,13H2,1H3,(H,14,18)(H,15,16). The van der Waals surface area contributed by atoms with Gasteiger partial charge in [-0.2, -0.15) is 0 Å². The molecule has 5 N–H and O–H groups in total. The average molecular weight is 284 g/mol. The van der Waals surface area contributed by atoms with Crippen LogP contribution in [0.15, 0.2) is 0 Å². The maximum Gasteiger partial charge on any atom is 0.265 e. The second-order valence-corrected chi connectivity index (χ2v) is 5.74. The lowest BCUT2D eigenvalue weighted by Gasteiger charge is -2.14. The summed E-state index contributed by atoms with van der Waals surface area (Å²) < 4.78 is 0. The predicted molar refractivity (Wildman–Crippen MR) is 76.4 cm³/mol. The zero-order chi connectivity index (χ0) is 13.8. The molecule has 0 spiro atoms. The molecular formula is C12H20N4O2S. The number of nitrogens with zero attached hydrogens (tertiary/aromatic N) is 1. The van der Waals surface area contributed by atoms with E-state index in [1.165, 1.54) is 11.3 Å². The van der Waals surface area contributed by atoms with E-state index in [0.717, 1.165) is 19.3 Å². The molecule has 1 saturated carbocycles. The molecule has 0 aliphatic heterocycles. The monoisotopic (exact) mass is 284 g/mol. The summed E-state index contributed by atoms with van der Waals surface area (Å²) in [6, 6.07) is 0.457. The van der Waals surface area contributed by atoms with Crippen LogP contribution in [0.1, 0.15) is 42.3 Å². The Labute approximate surface area is 116 Å². The number of hydrogen-bond acceptors (Lipinski definition) is 6. The number of aliphatic hydroxyl groups is 1. The van der Waals surface area contributed by atoms with Gasteiger partial charge in [-0.25, -0.2) is 4.98 Å². The van der Waals surface area contributed by atoms with E-state index in [9.17, 15) is 4.79 Å². The van der Waals surface area contributed by atoms with Gasteiger partial charge in [-0.15, -0.1) is 0 Å². The van der Waals surface area contributed by atoms with Crippen molar-refractivity contribution in [2.45, 2.75) is 44.7 Å². The van der Waals surface area contributed by atoms with Gasteiger partial charge < -0.3 is 21.5 Å². The third-order valence-corrected chi connectivity index (χ3v) is 4.07. The second kappa shape index (κ2) is 6.21. The van der Waals surface area contributed by atoms with E-state index < -0.39 is 0 Å². The number of anilines is 2. The Morgan fingerprint density at radius 3 is 2.95 bits per heavy atom. The van der Waals surface area contributed by atoms with Gasteiger partial charge in [0.15, 0.2) is 5.13 Å². The quantitative estimate of drug-likeness (QED) is 0.602. The molecule has 0 aromatic carbocycles. The molecule has 1 fully saturated rings. The van der Waals surface area contributed by atoms with E-state index in [1.807, 2.05) is 6.92 Å². The summed E-state index contributed by atoms with van der Waals surface area (Å²) in [5.41, 5.74) is 5.78. The topological polar surface area (TPSA) is 100 Å². The van der Waals surface area contributed by atoms with Crippen molar-refractivity contribution in [3.63, 3.8) is 0 Å². The molecule has 6 nitrogen and oxygen atoms in total. The minimum atomic E-state index is -0.209. The lowest BCUT2D eigenvalue weighted by Crippen LogP contribution is -2.34. The Balaban J connectivity index is 1.98. The van der Waals surface area contributed by atoms with Crippen LogP contribution in [-0.4, -0.2) is 34.7 Å². The van der Waals surface area contributed by atoms with E-state index in [-0.39, 0.29) is 24.4 Å². The minimum absolute atomic E-state index is 0.0289. The number of carbonyl (C=O) groups is 1. The molecule has 1 atom stereocenters. The molecule has 0 saturated heterocycles. The van der Waals surface area contributed by atoms with Gasteiger partial charge in [-0.1, -0.05) is 18.3 Å². The predicted octanol–water partition coefficient (Wildman–Crippen LogP) is 1.19. The van der Waals surface area contributed by atoms with Crippen LogP contribution in [0.2, 0.25) is 0 Å². The van der Waals surface area contributed by atoms with Gasteiger partial charge in [0.2, 0.25) is 0 Å². The molecule has 19 heavy (non-hydrogen) atoms. The van der Waals surface area contributed by atoms with Gasteiger partial charge in [0, 0.05) is 18.7 Å². The lowest BCUT2D eigenvalue weighted by atomic mass is 10.1. The van der Waals surface area contributed by atoms with E-state index in [2.05, 4.69) is 15.6 Å². The SMILES string of the molecule is CCC(CCO)NC(=O)c1sc(NC2CC2)nc1N.